The average molecular weight is 402 g/mol. The molecule has 156 valence electrons. The molecule has 0 bridgehead atoms. The number of unbranched alkanes of at least 4 members (excludes halogenated alkanes) is 1. The second-order valence-corrected chi connectivity index (χ2v) is 17.4. The molecule has 1 saturated carbocycles. The molecular weight excluding hydrogens is 354 g/mol. The molecule has 1 aliphatic rings. The Morgan fingerprint density at radius 3 is 1.77 bits per heavy atom. The molecule has 0 saturated heterocycles. The van der Waals surface area contributed by atoms with Gasteiger partial charge in [0.1, 0.15) is 8.24 Å². The van der Waals surface area contributed by atoms with E-state index in [4.69, 9.17) is 8.85 Å². The van der Waals surface area contributed by atoms with E-state index in [9.17, 15) is 0 Å². The number of nitrogens with zero attached hydrogens (tertiary/aromatic N) is 1. The minimum absolute atomic E-state index is 0.810. The average Bonchev–Trinajstić information content (AvgIpc) is 2.60. The molecule has 0 unspecified atom stereocenters. The van der Waals surface area contributed by atoms with Crippen molar-refractivity contribution in [2.45, 2.75) is 115 Å². The molecule has 0 aromatic carbocycles. The van der Waals surface area contributed by atoms with Crippen molar-refractivity contribution < 1.29 is 8.85 Å². The van der Waals surface area contributed by atoms with Crippen LogP contribution in [0.15, 0.2) is 0 Å². The van der Waals surface area contributed by atoms with Gasteiger partial charge in [-0.2, -0.15) is 0 Å². The quantitative estimate of drug-likeness (QED) is 0.292. The Balaban J connectivity index is 2.95. The lowest BCUT2D eigenvalue weighted by Gasteiger charge is -2.55. The van der Waals surface area contributed by atoms with Gasteiger partial charge in [-0.3, -0.25) is 0 Å². The van der Waals surface area contributed by atoms with E-state index in [1.54, 1.807) is 0 Å². The summed E-state index contributed by atoms with van der Waals surface area (Å²) in [4.78, 5) is 0. The van der Waals surface area contributed by atoms with Crippen LogP contribution in [0.3, 0.4) is 0 Å². The lowest BCUT2D eigenvalue weighted by molar-refractivity contribution is 0.228. The Bertz CT molecular complexity index is 345. The molecule has 0 aromatic heterocycles. The molecule has 1 aliphatic carbocycles. The lowest BCUT2D eigenvalue weighted by atomic mass is 9.95. The van der Waals surface area contributed by atoms with E-state index in [0.717, 1.165) is 28.7 Å². The third kappa shape index (κ3) is 5.90. The molecule has 1 fully saturated rings. The van der Waals surface area contributed by atoms with Gasteiger partial charge in [0.15, 0.2) is 0 Å². The summed E-state index contributed by atoms with van der Waals surface area (Å²) in [6.07, 6.45) is 9.71. The Morgan fingerprint density at radius 2 is 1.35 bits per heavy atom. The highest BCUT2D eigenvalue weighted by atomic mass is 28.3. The van der Waals surface area contributed by atoms with Crippen LogP contribution in [0.1, 0.15) is 86.5 Å². The van der Waals surface area contributed by atoms with Crippen molar-refractivity contribution in [1.82, 2.24) is 4.57 Å². The normalized spacial score (nSPS) is 17.4. The van der Waals surface area contributed by atoms with E-state index in [0.29, 0.717) is 0 Å². The highest BCUT2D eigenvalue weighted by Crippen LogP contribution is 2.46. The molecule has 0 radical (unpaired) electrons. The molecule has 0 N–H and O–H groups in total. The number of rotatable bonds is 12. The molecule has 0 heterocycles. The fraction of sp³-hybridized carbons (Fsp3) is 1.00. The molecule has 0 spiro atoms. The molecule has 3 nitrogen and oxygen atoms in total. The first kappa shape index (κ1) is 24.4. The minimum Gasteiger partial charge on any atom is -0.400 e. The SMILES string of the molecule is CO[SiH](CCCCN(C1CCCCC1)[Si](C(C)C)(C(C)C)C(C)C)OC. The Labute approximate surface area is 167 Å². The van der Waals surface area contributed by atoms with Gasteiger partial charge in [-0.15, -0.1) is 0 Å². The van der Waals surface area contributed by atoms with E-state index >= 15 is 0 Å². The fourth-order valence-corrected chi connectivity index (χ4v) is 14.7. The van der Waals surface area contributed by atoms with Gasteiger partial charge in [-0.25, -0.2) is 0 Å². The van der Waals surface area contributed by atoms with E-state index in [1.807, 2.05) is 14.2 Å². The molecule has 26 heavy (non-hydrogen) atoms. The van der Waals surface area contributed by atoms with E-state index < -0.39 is 17.5 Å². The van der Waals surface area contributed by atoms with Gasteiger partial charge in [0.2, 0.25) is 0 Å². The third-order valence-corrected chi connectivity index (χ3v) is 16.0. The standard InChI is InChI=1S/C21H47NO2Si2/c1-18(2)26(19(3)4,20(5)6)22(21-14-10-9-11-15-21)16-12-13-17-25(23-7)24-8/h18-21,25H,9-17H2,1-8H3. The summed E-state index contributed by atoms with van der Waals surface area (Å²) in [5.41, 5.74) is 2.43. The summed E-state index contributed by atoms with van der Waals surface area (Å²) in [5, 5.41) is 0. The van der Waals surface area contributed by atoms with Crippen LogP contribution in [0.4, 0.5) is 0 Å². The second-order valence-electron chi connectivity index (χ2n) is 9.23. The Morgan fingerprint density at radius 1 is 0.846 bits per heavy atom. The predicted molar refractivity (Wildman–Crippen MR) is 120 cm³/mol. The summed E-state index contributed by atoms with van der Waals surface area (Å²) in [7, 11) is 0.663. The van der Waals surface area contributed by atoms with Crippen LogP contribution >= 0.6 is 0 Å². The van der Waals surface area contributed by atoms with E-state index in [1.165, 1.54) is 51.5 Å². The van der Waals surface area contributed by atoms with Crippen molar-refractivity contribution in [3.8, 4) is 0 Å². The maximum atomic E-state index is 5.52. The topological polar surface area (TPSA) is 21.7 Å². The first-order chi connectivity index (χ1) is 12.3. The van der Waals surface area contributed by atoms with Crippen molar-refractivity contribution in [2.75, 3.05) is 20.8 Å². The maximum absolute atomic E-state index is 5.52. The highest BCUT2D eigenvalue weighted by molar-refractivity contribution is 6.81. The number of hydrogen-bond acceptors (Lipinski definition) is 3. The zero-order valence-electron chi connectivity index (χ0n) is 19.0. The van der Waals surface area contributed by atoms with Crippen LogP contribution in [0.25, 0.3) is 0 Å². The monoisotopic (exact) mass is 401 g/mol. The Hall–Kier alpha value is 0.314. The van der Waals surface area contributed by atoms with Crippen molar-refractivity contribution in [3.05, 3.63) is 0 Å². The zero-order valence-corrected chi connectivity index (χ0v) is 21.2. The van der Waals surface area contributed by atoms with E-state index in [-0.39, 0.29) is 0 Å². The molecule has 0 amide bonds. The smallest absolute Gasteiger partial charge is 0.320 e. The van der Waals surface area contributed by atoms with Crippen molar-refractivity contribution in [2.24, 2.45) is 0 Å². The van der Waals surface area contributed by atoms with Gasteiger partial charge >= 0.3 is 9.28 Å². The van der Waals surface area contributed by atoms with Crippen LogP contribution in [-0.2, 0) is 8.85 Å². The maximum Gasteiger partial charge on any atom is 0.320 e. The molecule has 1 rings (SSSR count). The highest BCUT2D eigenvalue weighted by Gasteiger charge is 2.49. The van der Waals surface area contributed by atoms with Gasteiger partial charge in [-0.1, -0.05) is 67.2 Å². The van der Waals surface area contributed by atoms with Crippen molar-refractivity contribution >= 4 is 17.5 Å². The summed E-state index contributed by atoms with van der Waals surface area (Å²) in [6, 6.07) is 1.98. The Kier molecular flexibility index (Phi) is 11.2. The third-order valence-electron chi connectivity index (χ3n) is 6.90. The predicted octanol–water partition coefficient (Wildman–Crippen LogP) is 6.09. The molecule has 0 aliphatic heterocycles. The van der Waals surface area contributed by atoms with E-state index in [2.05, 4.69) is 46.1 Å². The number of hydrogen-bond donors (Lipinski definition) is 0. The summed E-state index contributed by atoms with van der Waals surface area (Å²) in [6.45, 7) is 16.4. The summed E-state index contributed by atoms with van der Waals surface area (Å²) in [5.74, 6) is 0. The van der Waals surface area contributed by atoms with Crippen LogP contribution in [0, 0.1) is 0 Å². The zero-order chi connectivity index (χ0) is 19.7. The summed E-state index contributed by atoms with van der Waals surface area (Å²) >= 11 is 0. The summed E-state index contributed by atoms with van der Waals surface area (Å²) < 4.78 is 14.1. The van der Waals surface area contributed by atoms with Gasteiger partial charge in [0, 0.05) is 20.3 Å². The van der Waals surface area contributed by atoms with Crippen LogP contribution in [0.2, 0.25) is 22.7 Å². The minimum atomic E-state index is -1.56. The van der Waals surface area contributed by atoms with Crippen molar-refractivity contribution in [3.63, 3.8) is 0 Å². The van der Waals surface area contributed by atoms with Gasteiger partial charge in [-0.05, 0) is 48.5 Å². The molecule has 5 heteroatoms. The lowest BCUT2D eigenvalue weighted by Crippen LogP contribution is -2.63. The van der Waals surface area contributed by atoms with Crippen LogP contribution in [0.5, 0.6) is 0 Å². The first-order valence-corrected chi connectivity index (χ1v) is 15.1. The second kappa shape index (κ2) is 12.0. The first-order valence-electron chi connectivity index (χ1n) is 11.1. The van der Waals surface area contributed by atoms with Crippen LogP contribution in [-0.4, -0.2) is 48.9 Å². The molecule has 0 atom stereocenters. The van der Waals surface area contributed by atoms with Gasteiger partial charge < -0.3 is 13.4 Å². The van der Waals surface area contributed by atoms with Crippen molar-refractivity contribution in [1.29, 1.82) is 0 Å². The fourth-order valence-electron chi connectivity index (χ4n) is 6.01. The molecular formula is C21H47NO2Si2. The largest absolute Gasteiger partial charge is 0.400 e. The molecule has 0 aromatic rings. The van der Waals surface area contributed by atoms with Gasteiger partial charge in [0.25, 0.3) is 0 Å². The van der Waals surface area contributed by atoms with Crippen LogP contribution < -0.4 is 0 Å². The van der Waals surface area contributed by atoms with Gasteiger partial charge in [0.05, 0.1) is 0 Å².